The van der Waals surface area contributed by atoms with Crippen LogP contribution in [0.3, 0.4) is 0 Å². The van der Waals surface area contributed by atoms with E-state index in [0.29, 0.717) is 30.9 Å². The van der Waals surface area contributed by atoms with E-state index in [1.807, 2.05) is 0 Å². The maximum atomic E-state index is 12.5. The Balaban J connectivity index is 2.21. The van der Waals surface area contributed by atoms with E-state index in [1.165, 1.54) is 15.2 Å². The third-order valence-electron chi connectivity index (χ3n) is 3.28. The Bertz CT molecular complexity index is 571. The molecule has 1 aromatic rings. The molecule has 0 atom stereocenters. The van der Waals surface area contributed by atoms with Crippen molar-refractivity contribution in [2.45, 2.75) is 17.9 Å². The van der Waals surface area contributed by atoms with Crippen LogP contribution in [0.4, 0.5) is 0 Å². The van der Waals surface area contributed by atoms with E-state index < -0.39 is 10.0 Å². The standard InChI is InChI=1S/C10H15ClN4O2S2/c1-14-10(8(11)6-13-14)19(16,17)15-4-2-7(3-5-15)9(12)18/h6-7H,2-5H2,1H3,(H2,12,18). The molecule has 1 saturated heterocycles. The number of nitrogens with two attached hydrogens (primary N) is 1. The Morgan fingerprint density at radius 1 is 1.53 bits per heavy atom. The molecule has 2 heterocycles. The summed E-state index contributed by atoms with van der Waals surface area (Å²) in [5, 5.41) is 4.03. The molecular weight excluding hydrogens is 308 g/mol. The van der Waals surface area contributed by atoms with Crippen LogP contribution in [0.2, 0.25) is 5.02 Å². The number of hydrogen-bond acceptors (Lipinski definition) is 4. The number of rotatable bonds is 3. The van der Waals surface area contributed by atoms with Crippen molar-refractivity contribution in [2.75, 3.05) is 13.1 Å². The van der Waals surface area contributed by atoms with Gasteiger partial charge in [-0.05, 0) is 12.8 Å². The Hall–Kier alpha value is -0.700. The van der Waals surface area contributed by atoms with Crippen LogP contribution in [-0.4, -0.2) is 40.6 Å². The Morgan fingerprint density at radius 3 is 2.53 bits per heavy atom. The summed E-state index contributed by atoms with van der Waals surface area (Å²) >= 11 is 10.8. The fraction of sp³-hybridized carbons (Fsp3) is 0.600. The average Bonchev–Trinajstić information content (AvgIpc) is 2.69. The largest absolute Gasteiger partial charge is 0.393 e. The van der Waals surface area contributed by atoms with Crippen molar-refractivity contribution in [1.29, 1.82) is 0 Å². The molecule has 1 aliphatic rings. The maximum Gasteiger partial charge on any atom is 0.261 e. The van der Waals surface area contributed by atoms with Crippen molar-refractivity contribution in [1.82, 2.24) is 14.1 Å². The zero-order valence-electron chi connectivity index (χ0n) is 10.4. The monoisotopic (exact) mass is 322 g/mol. The second kappa shape index (κ2) is 5.35. The molecule has 0 aliphatic carbocycles. The molecule has 2 N–H and O–H groups in total. The number of aryl methyl sites for hydroxylation is 1. The minimum absolute atomic E-state index is 0.0305. The van der Waals surface area contributed by atoms with E-state index in [-0.39, 0.29) is 16.0 Å². The average molecular weight is 323 g/mol. The first kappa shape index (κ1) is 14.7. The highest BCUT2D eigenvalue weighted by atomic mass is 35.5. The van der Waals surface area contributed by atoms with Crippen LogP contribution in [0.1, 0.15) is 12.8 Å². The number of hydrogen-bond donors (Lipinski definition) is 1. The van der Waals surface area contributed by atoms with Gasteiger partial charge in [0.15, 0.2) is 5.03 Å². The lowest BCUT2D eigenvalue weighted by Crippen LogP contribution is -2.41. The van der Waals surface area contributed by atoms with Crippen molar-refractivity contribution < 1.29 is 8.42 Å². The number of sulfonamides is 1. The number of nitrogens with zero attached hydrogens (tertiary/aromatic N) is 3. The van der Waals surface area contributed by atoms with Gasteiger partial charge in [0.2, 0.25) is 0 Å². The normalized spacial score (nSPS) is 18.6. The summed E-state index contributed by atoms with van der Waals surface area (Å²) in [6.07, 6.45) is 2.62. The van der Waals surface area contributed by atoms with Gasteiger partial charge in [0.05, 0.1) is 16.2 Å². The fourth-order valence-electron chi connectivity index (χ4n) is 2.19. The third-order valence-corrected chi connectivity index (χ3v) is 6.02. The first-order chi connectivity index (χ1) is 8.84. The van der Waals surface area contributed by atoms with E-state index in [9.17, 15) is 8.42 Å². The van der Waals surface area contributed by atoms with Gasteiger partial charge in [0.25, 0.3) is 10.0 Å². The molecule has 106 valence electrons. The molecule has 1 fully saturated rings. The zero-order valence-corrected chi connectivity index (χ0v) is 12.8. The first-order valence-electron chi connectivity index (χ1n) is 5.81. The second-order valence-electron chi connectivity index (χ2n) is 4.50. The third kappa shape index (κ3) is 2.76. The zero-order chi connectivity index (χ0) is 14.2. The van der Waals surface area contributed by atoms with Crippen molar-refractivity contribution in [2.24, 2.45) is 18.7 Å². The number of aromatic nitrogens is 2. The summed E-state index contributed by atoms with van der Waals surface area (Å²) in [4.78, 5) is 0.454. The molecule has 9 heteroatoms. The van der Waals surface area contributed by atoms with Gasteiger partial charge in [0, 0.05) is 26.1 Å². The van der Waals surface area contributed by atoms with E-state index in [4.69, 9.17) is 29.6 Å². The molecule has 0 bridgehead atoms. The summed E-state index contributed by atoms with van der Waals surface area (Å²) in [6, 6.07) is 0. The van der Waals surface area contributed by atoms with Gasteiger partial charge in [-0.25, -0.2) is 8.42 Å². The number of halogens is 1. The molecule has 2 rings (SSSR count). The summed E-state index contributed by atoms with van der Waals surface area (Å²) in [7, 11) is -2.06. The van der Waals surface area contributed by atoms with Gasteiger partial charge < -0.3 is 5.73 Å². The van der Waals surface area contributed by atoms with Crippen molar-refractivity contribution in [3.63, 3.8) is 0 Å². The quantitative estimate of drug-likeness (QED) is 0.831. The molecule has 0 aromatic carbocycles. The van der Waals surface area contributed by atoms with Gasteiger partial charge in [-0.2, -0.15) is 9.40 Å². The van der Waals surface area contributed by atoms with E-state index in [1.54, 1.807) is 7.05 Å². The van der Waals surface area contributed by atoms with Gasteiger partial charge in [0.1, 0.15) is 0 Å². The molecule has 1 aromatic heterocycles. The highest BCUT2D eigenvalue weighted by Gasteiger charge is 2.33. The Kier molecular flexibility index (Phi) is 4.14. The van der Waals surface area contributed by atoms with Crippen LogP contribution in [0.25, 0.3) is 0 Å². The summed E-state index contributed by atoms with van der Waals surface area (Å²) in [5.74, 6) is 0.114. The van der Waals surface area contributed by atoms with Crippen LogP contribution in [-0.2, 0) is 17.1 Å². The molecule has 0 spiro atoms. The van der Waals surface area contributed by atoms with Crippen LogP contribution >= 0.6 is 23.8 Å². The summed E-state index contributed by atoms with van der Waals surface area (Å²) in [5.41, 5.74) is 5.59. The fourth-order valence-corrected chi connectivity index (χ4v) is 4.50. The SMILES string of the molecule is Cn1ncc(Cl)c1S(=O)(=O)N1CCC(C(N)=S)CC1. The summed E-state index contributed by atoms with van der Waals surface area (Å²) < 4.78 is 27.6. The molecule has 0 saturated carbocycles. The van der Waals surface area contributed by atoms with E-state index in [0.717, 1.165) is 0 Å². The van der Waals surface area contributed by atoms with E-state index >= 15 is 0 Å². The van der Waals surface area contributed by atoms with Crippen LogP contribution in [0.5, 0.6) is 0 Å². The molecule has 0 unspecified atom stereocenters. The predicted molar refractivity (Wildman–Crippen MR) is 76.5 cm³/mol. The van der Waals surface area contributed by atoms with Crippen molar-refractivity contribution in [3.05, 3.63) is 11.2 Å². The van der Waals surface area contributed by atoms with Crippen LogP contribution < -0.4 is 5.73 Å². The van der Waals surface area contributed by atoms with Crippen molar-refractivity contribution in [3.8, 4) is 0 Å². The van der Waals surface area contributed by atoms with Crippen LogP contribution in [0.15, 0.2) is 11.2 Å². The number of thiocarbonyl (C=S) groups is 1. The lowest BCUT2D eigenvalue weighted by Gasteiger charge is -2.30. The molecule has 0 amide bonds. The van der Waals surface area contributed by atoms with Gasteiger partial charge in [-0.3, -0.25) is 4.68 Å². The highest BCUT2D eigenvalue weighted by Crippen LogP contribution is 2.27. The molecule has 19 heavy (non-hydrogen) atoms. The highest BCUT2D eigenvalue weighted by molar-refractivity contribution is 7.89. The number of piperidine rings is 1. The first-order valence-corrected chi connectivity index (χ1v) is 8.03. The van der Waals surface area contributed by atoms with Gasteiger partial charge in [-0.15, -0.1) is 0 Å². The Labute approximate surface area is 122 Å². The topological polar surface area (TPSA) is 81.2 Å². The molecular formula is C10H15ClN4O2S2. The van der Waals surface area contributed by atoms with Gasteiger partial charge in [-0.1, -0.05) is 23.8 Å². The molecule has 1 aliphatic heterocycles. The Morgan fingerprint density at radius 2 is 2.11 bits per heavy atom. The smallest absolute Gasteiger partial charge is 0.261 e. The van der Waals surface area contributed by atoms with Crippen LogP contribution in [0, 0.1) is 5.92 Å². The lowest BCUT2D eigenvalue weighted by atomic mass is 9.98. The van der Waals surface area contributed by atoms with E-state index in [2.05, 4.69) is 5.10 Å². The minimum atomic E-state index is -3.61. The minimum Gasteiger partial charge on any atom is -0.393 e. The predicted octanol–water partition coefficient (Wildman–Crippen LogP) is 0.760. The molecule has 6 nitrogen and oxygen atoms in total. The van der Waals surface area contributed by atoms with Crippen molar-refractivity contribution >= 4 is 38.8 Å². The summed E-state index contributed by atoms with van der Waals surface area (Å²) in [6.45, 7) is 0.789. The lowest BCUT2D eigenvalue weighted by molar-refractivity contribution is 0.314. The molecule has 0 radical (unpaired) electrons. The van der Waals surface area contributed by atoms with Gasteiger partial charge >= 0.3 is 0 Å². The second-order valence-corrected chi connectivity index (χ2v) is 7.23. The maximum absolute atomic E-state index is 12.5.